The fourth-order valence-electron chi connectivity index (χ4n) is 4.38. The lowest BCUT2D eigenvalue weighted by Gasteiger charge is -2.30. The average Bonchev–Trinajstić information content (AvgIpc) is 3.66. The molecule has 2 aromatic carbocycles. The molecule has 1 aliphatic heterocycles. The highest BCUT2D eigenvalue weighted by molar-refractivity contribution is 6.31. The van der Waals surface area contributed by atoms with Gasteiger partial charge in [0.05, 0.1) is 13.1 Å². The summed E-state index contributed by atoms with van der Waals surface area (Å²) in [5.74, 6) is 0.807. The number of halogens is 1. The number of anilines is 1. The van der Waals surface area contributed by atoms with Gasteiger partial charge in [0.15, 0.2) is 0 Å². The molecule has 182 valence electrons. The second kappa shape index (κ2) is 11.6. The van der Waals surface area contributed by atoms with E-state index < -0.39 is 6.09 Å². The molecule has 0 radical (unpaired) electrons. The van der Waals surface area contributed by atoms with E-state index in [1.165, 1.54) is 37.6 Å². The summed E-state index contributed by atoms with van der Waals surface area (Å²) in [5, 5.41) is 6.39. The Kier molecular flexibility index (Phi) is 8.29. The quantitative estimate of drug-likeness (QED) is 0.535. The SMILES string of the molecule is CNC(=O)OCCN(Cc1ccccc1Cl)C(=O)CNc1cccc2c1CCN(CC1CC1)C2. The maximum Gasteiger partial charge on any atom is 0.406 e. The maximum absolute atomic E-state index is 13.2. The molecule has 0 unspecified atom stereocenters. The van der Waals surface area contributed by atoms with Crippen LogP contribution in [0, 0.1) is 5.92 Å². The Labute approximate surface area is 206 Å². The summed E-state index contributed by atoms with van der Waals surface area (Å²) >= 11 is 6.33. The summed E-state index contributed by atoms with van der Waals surface area (Å²) in [6, 6.07) is 13.8. The largest absolute Gasteiger partial charge is 0.448 e. The number of fused-ring (bicyclic) bond motifs is 1. The Bertz CT molecular complexity index is 1010. The molecule has 2 aliphatic rings. The zero-order chi connectivity index (χ0) is 23.9. The normalized spacial score (nSPS) is 15.4. The van der Waals surface area contributed by atoms with E-state index in [1.807, 2.05) is 24.3 Å². The number of ether oxygens (including phenoxy) is 1. The van der Waals surface area contributed by atoms with Gasteiger partial charge in [-0.2, -0.15) is 0 Å². The van der Waals surface area contributed by atoms with Gasteiger partial charge in [0.2, 0.25) is 5.91 Å². The van der Waals surface area contributed by atoms with E-state index in [4.69, 9.17) is 16.3 Å². The van der Waals surface area contributed by atoms with E-state index in [2.05, 4.69) is 33.7 Å². The summed E-state index contributed by atoms with van der Waals surface area (Å²) in [5.41, 5.74) is 4.53. The molecular weight excluding hydrogens is 452 g/mol. The second-order valence-electron chi connectivity index (χ2n) is 9.02. The molecule has 0 bridgehead atoms. The number of amides is 2. The Morgan fingerprint density at radius 2 is 2.00 bits per heavy atom. The van der Waals surface area contributed by atoms with Gasteiger partial charge in [-0.25, -0.2) is 4.79 Å². The van der Waals surface area contributed by atoms with Crippen LogP contribution < -0.4 is 10.6 Å². The molecule has 1 aliphatic carbocycles. The van der Waals surface area contributed by atoms with Gasteiger partial charge in [-0.1, -0.05) is 41.9 Å². The number of nitrogens with one attached hydrogen (secondary N) is 2. The van der Waals surface area contributed by atoms with Gasteiger partial charge < -0.3 is 20.3 Å². The Morgan fingerprint density at radius 3 is 2.76 bits per heavy atom. The molecule has 1 fully saturated rings. The van der Waals surface area contributed by atoms with Crippen LogP contribution in [0.1, 0.15) is 29.5 Å². The molecule has 0 saturated heterocycles. The fourth-order valence-corrected chi connectivity index (χ4v) is 4.58. The van der Waals surface area contributed by atoms with Crippen LogP contribution >= 0.6 is 11.6 Å². The second-order valence-corrected chi connectivity index (χ2v) is 9.43. The van der Waals surface area contributed by atoms with Gasteiger partial charge in [-0.3, -0.25) is 9.69 Å². The summed E-state index contributed by atoms with van der Waals surface area (Å²) in [6.45, 7) is 4.13. The summed E-state index contributed by atoms with van der Waals surface area (Å²) in [4.78, 5) is 28.8. The first kappa shape index (κ1) is 24.4. The minimum atomic E-state index is -0.519. The molecule has 0 spiro atoms. The molecule has 2 amide bonds. The third kappa shape index (κ3) is 6.64. The van der Waals surface area contributed by atoms with Crippen LogP contribution in [-0.4, -0.2) is 61.6 Å². The first-order valence-corrected chi connectivity index (χ1v) is 12.3. The van der Waals surface area contributed by atoms with Crippen LogP contribution in [0.15, 0.2) is 42.5 Å². The predicted molar refractivity (Wildman–Crippen MR) is 134 cm³/mol. The van der Waals surface area contributed by atoms with Crippen molar-refractivity contribution < 1.29 is 14.3 Å². The van der Waals surface area contributed by atoms with Crippen LogP contribution in [0.2, 0.25) is 5.02 Å². The minimum absolute atomic E-state index is 0.0794. The van der Waals surface area contributed by atoms with Crippen LogP contribution in [0.25, 0.3) is 0 Å². The highest BCUT2D eigenvalue weighted by Crippen LogP contribution is 2.32. The van der Waals surface area contributed by atoms with Crippen LogP contribution in [0.5, 0.6) is 0 Å². The molecule has 1 heterocycles. The number of benzene rings is 2. The molecule has 2 N–H and O–H groups in total. The highest BCUT2D eigenvalue weighted by atomic mass is 35.5. The van der Waals surface area contributed by atoms with E-state index in [9.17, 15) is 9.59 Å². The van der Waals surface area contributed by atoms with Crippen molar-refractivity contribution in [3.05, 3.63) is 64.2 Å². The van der Waals surface area contributed by atoms with Gasteiger partial charge in [0.1, 0.15) is 6.61 Å². The molecule has 7 nitrogen and oxygen atoms in total. The highest BCUT2D eigenvalue weighted by Gasteiger charge is 2.27. The molecule has 4 rings (SSSR count). The van der Waals surface area contributed by atoms with Gasteiger partial charge in [0, 0.05) is 43.9 Å². The number of alkyl carbamates (subject to hydrolysis) is 1. The van der Waals surface area contributed by atoms with Crippen molar-refractivity contribution in [1.82, 2.24) is 15.1 Å². The van der Waals surface area contributed by atoms with Gasteiger partial charge in [-0.05, 0) is 54.0 Å². The molecule has 0 aromatic heterocycles. The molecule has 1 saturated carbocycles. The third-order valence-electron chi connectivity index (χ3n) is 6.46. The fraction of sp³-hybridized carbons (Fsp3) is 0.462. The summed E-state index contributed by atoms with van der Waals surface area (Å²) in [7, 11) is 1.50. The maximum atomic E-state index is 13.2. The van der Waals surface area contributed by atoms with Crippen molar-refractivity contribution in [1.29, 1.82) is 0 Å². The Hall–Kier alpha value is -2.77. The predicted octanol–water partition coefficient (Wildman–Crippen LogP) is 3.90. The molecule has 0 atom stereocenters. The Morgan fingerprint density at radius 1 is 1.18 bits per heavy atom. The number of carbonyl (C=O) groups excluding carboxylic acids is 2. The van der Waals surface area contributed by atoms with Crippen molar-refractivity contribution in [3.8, 4) is 0 Å². The van der Waals surface area contributed by atoms with Crippen LogP contribution in [0.3, 0.4) is 0 Å². The monoisotopic (exact) mass is 484 g/mol. The third-order valence-corrected chi connectivity index (χ3v) is 6.83. The van der Waals surface area contributed by atoms with Crippen molar-refractivity contribution in [2.45, 2.75) is 32.4 Å². The molecule has 34 heavy (non-hydrogen) atoms. The molecule has 8 heteroatoms. The number of hydrogen-bond donors (Lipinski definition) is 2. The first-order valence-electron chi connectivity index (χ1n) is 12.0. The van der Waals surface area contributed by atoms with E-state index in [0.29, 0.717) is 11.6 Å². The lowest BCUT2D eigenvalue weighted by molar-refractivity contribution is -0.130. The van der Waals surface area contributed by atoms with Gasteiger partial charge >= 0.3 is 6.09 Å². The first-order chi connectivity index (χ1) is 16.5. The Balaban J connectivity index is 1.39. The number of hydrogen-bond acceptors (Lipinski definition) is 5. The standard InChI is InChI=1S/C26H33ClN4O3/c1-28-26(33)34-14-13-31(18-21-5-2-3-7-23(21)27)25(32)15-29-24-8-4-6-20-17-30(12-11-22(20)24)16-19-9-10-19/h2-8,19,29H,9-18H2,1H3,(H,28,33). The van der Waals surface area contributed by atoms with Crippen molar-refractivity contribution in [3.63, 3.8) is 0 Å². The lowest BCUT2D eigenvalue weighted by Crippen LogP contribution is -2.38. The summed E-state index contributed by atoms with van der Waals surface area (Å²) < 4.78 is 5.12. The van der Waals surface area contributed by atoms with E-state index in [0.717, 1.165) is 36.7 Å². The van der Waals surface area contributed by atoms with Crippen LogP contribution in [0.4, 0.5) is 10.5 Å². The van der Waals surface area contributed by atoms with Gasteiger partial charge in [-0.15, -0.1) is 0 Å². The zero-order valence-electron chi connectivity index (χ0n) is 19.7. The van der Waals surface area contributed by atoms with Crippen molar-refractivity contribution in [2.75, 3.05) is 45.2 Å². The molecule has 2 aromatic rings. The van der Waals surface area contributed by atoms with Crippen molar-refractivity contribution >= 4 is 29.3 Å². The van der Waals surface area contributed by atoms with E-state index in [1.54, 1.807) is 4.90 Å². The van der Waals surface area contributed by atoms with E-state index in [-0.39, 0.29) is 25.6 Å². The molecular formula is C26H33ClN4O3. The minimum Gasteiger partial charge on any atom is -0.448 e. The topological polar surface area (TPSA) is 73.9 Å². The smallest absolute Gasteiger partial charge is 0.406 e. The average molecular weight is 485 g/mol. The van der Waals surface area contributed by atoms with Crippen molar-refractivity contribution in [2.24, 2.45) is 5.92 Å². The lowest BCUT2D eigenvalue weighted by atomic mass is 9.97. The number of nitrogens with zero attached hydrogens (tertiary/aromatic N) is 2. The van der Waals surface area contributed by atoms with Gasteiger partial charge in [0.25, 0.3) is 0 Å². The summed E-state index contributed by atoms with van der Waals surface area (Å²) in [6.07, 6.45) is 3.20. The number of carbonyl (C=O) groups is 2. The van der Waals surface area contributed by atoms with Crippen LogP contribution in [-0.2, 0) is 29.0 Å². The van der Waals surface area contributed by atoms with E-state index >= 15 is 0 Å². The number of rotatable bonds is 10. The zero-order valence-corrected chi connectivity index (χ0v) is 20.4.